The van der Waals surface area contributed by atoms with Crippen LogP contribution in [0, 0.1) is 5.92 Å². The highest BCUT2D eigenvalue weighted by Crippen LogP contribution is 2.27. The van der Waals surface area contributed by atoms with Crippen LogP contribution in [0.15, 0.2) is 46.1 Å². The van der Waals surface area contributed by atoms with Gasteiger partial charge in [-0.15, -0.1) is 17.9 Å². The topological polar surface area (TPSA) is 174 Å². The maximum atomic E-state index is 14.1. The van der Waals surface area contributed by atoms with Crippen LogP contribution in [0.4, 0.5) is 4.79 Å². The van der Waals surface area contributed by atoms with Crippen LogP contribution in [0.3, 0.4) is 0 Å². The van der Waals surface area contributed by atoms with Crippen LogP contribution in [-0.4, -0.2) is 92.0 Å². The lowest BCUT2D eigenvalue weighted by Gasteiger charge is -2.30. The van der Waals surface area contributed by atoms with Gasteiger partial charge in [0.25, 0.3) is 15.9 Å². The summed E-state index contributed by atoms with van der Waals surface area (Å²) in [5, 5.41) is 12.5. The van der Waals surface area contributed by atoms with Crippen LogP contribution >= 0.6 is 11.3 Å². The number of ketones is 1. The number of Topliss-reactive ketones (excluding diaryl/α,β-unsaturated/α-hetero) is 1. The van der Waals surface area contributed by atoms with Crippen LogP contribution in [0.25, 0.3) is 0 Å². The second-order valence-electron chi connectivity index (χ2n) is 12.6. The second-order valence-corrected chi connectivity index (χ2v) is 15.8. The summed E-state index contributed by atoms with van der Waals surface area (Å²) in [5.41, 5.74) is 0.324. The third-order valence-corrected chi connectivity index (χ3v) is 12.1. The Morgan fingerprint density at radius 1 is 1.10 bits per heavy atom. The predicted molar refractivity (Wildman–Crippen MR) is 189 cm³/mol. The van der Waals surface area contributed by atoms with Crippen molar-refractivity contribution in [1.29, 1.82) is 0 Å². The van der Waals surface area contributed by atoms with Crippen LogP contribution < -0.4 is 21.3 Å². The van der Waals surface area contributed by atoms with Crippen LogP contribution in [0.1, 0.15) is 84.5 Å². The lowest BCUT2D eigenvalue weighted by Crippen LogP contribution is -2.57. The van der Waals surface area contributed by atoms with E-state index in [-0.39, 0.29) is 29.6 Å². The summed E-state index contributed by atoms with van der Waals surface area (Å²) >= 11 is 1.10. The Labute approximate surface area is 294 Å². The Bertz CT molecular complexity index is 1450. The minimum atomic E-state index is -3.76. The fraction of sp³-hybridized carbons (Fsp3) is 0.618. The quantitative estimate of drug-likeness (QED) is 0.200. The average Bonchev–Trinajstić information content (AvgIpc) is 3.79. The van der Waals surface area contributed by atoms with E-state index in [1.807, 2.05) is 6.92 Å². The number of carbonyl (C=O) groups excluding carboxylic acids is 5. The van der Waals surface area contributed by atoms with Crippen LogP contribution in [-0.2, 0) is 29.2 Å². The molecule has 272 valence electrons. The molecule has 2 fully saturated rings. The molecular weight excluding hydrogens is 669 g/mol. The molecule has 4 N–H and O–H groups in total. The first-order chi connectivity index (χ1) is 23.4. The molecule has 1 aromatic rings. The smallest absolute Gasteiger partial charge is 0.319 e. The van der Waals surface area contributed by atoms with Gasteiger partial charge in [-0.05, 0) is 50.0 Å². The Kier molecular flexibility index (Phi) is 15.9. The molecule has 2 saturated heterocycles. The number of rotatable bonds is 11. The lowest BCUT2D eigenvalue weighted by atomic mass is 9.99. The van der Waals surface area contributed by atoms with Gasteiger partial charge in [0.05, 0.1) is 12.6 Å². The standard InChI is InChI=1S/C34H52N6O7S2/c1-5-19-35-32(43)30(41)26-16-13-11-9-8-10-12-14-17-27(33(44)40-22-24(6-2)21-28(40)31(42)37-26)38-34(45)36-25(7-3)23-39(4)49(46,47)29-18-15-20-48-29/h6-7,15,18,20,24,26-28H,2,5,8-14,16-17,19,21-23H2,1,3-4H3,(H,35,43)(H,37,42)(H2,36,38,45)/b25-7+/t24-,26+,27+,28+/m1/s1. The molecule has 0 radical (unpaired) electrons. The van der Waals surface area contributed by atoms with E-state index in [9.17, 15) is 32.4 Å². The molecule has 49 heavy (non-hydrogen) atoms. The maximum absolute atomic E-state index is 14.1. The summed E-state index contributed by atoms with van der Waals surface area (Å²) in [5.74, 6) is -2.59. The summed E-state index contributed by atoms with van der Waals surface area (Å²) in [4.78, 5) is 68.3. The summed E-state index contributed by atoms with van der Waals surface area (Å²) < 4.78 is 27.2. The molecule has 2 aliphatic rings. The minimum absolute atomic E-state index is 0.103. The van der Waals surface area contributed by atoms with Crippen molar-refractivity contribution in [3.8, 4) is 0 Å². The van der Waals surface area contributed by atoms with Crippen LogP contribution in [0.2, 0.25) is 0 Å². The van der Waals surface area contributed by atoms with Crippen molar-refractivity contribution in [3.63, 3.8) is 0 Å². The number of likely N-dealkylation sites (N-methyl/N-ethyl adjacent to an activating group) is 1. The zero-order chi connectivity index (χ0) is 36.0. The lowest BCUT2D eigenvalue weighted by molar-refractivity contribution is -0.143. The van der Waals surface area contributed by atoms with Crippen molar-refractivity contribution < 1.29 is 32.4 Å². The molecule has 3 rings (SSSR count). The average molecular weight is 721 g/mol. The van der Waals surface area contributed by atoms with Crippen molar-refractivity contribution in [2.24, 2.45) is 5.92 Å². The number of thiophene rings is 1. The molecule has 0 bridgehead atoms. The maximum Gasteiger partial charge on any atom is 0.319 e. The highest BCUT2D eigenvalue weighted by molar-refractivity contribution is 7.91. The minimum Gasteiger partial charge on any atom is -0.349 e. The Morgan fingerprint density at radius 2 is 1.78 bits per heavy atom. The monoisotopic (exact) mass is 720 g/mol. The Morgan fingerprint density at radius 3 is 2.39 bits per heavy atom. The molecule has 4 atom stereocenters. The van der Waals surface area contributed by atoms with Gasteiger partial charge in [0.15, 0.2) is 0 Å². The number of hydrogen-bond donors (Lipinski definition) is 4. The van der Waals surface area contributed by atoms with Gasteiger partial charge < -0.3 is 26.2 Å². The number of carbonyl (C=O) groups is 5. The van der Waals surface area contributed by atoms with E-state index in [1.165, 1.54) is 18.0 Å². The van der Waals surface area contributed by atoms with E-state index in [2.05, 4.69) is 27.8 Å². The van der Waals surface area contributed by atoms with Gasteiger partial charge >= 0.3 is 6.03 Å². The fourth-order valence-corrected chi connectivity index (χ4v) is 8.37. The first-order valence-electron chi connectivity index (χ1n) is 17.2. The molecule has 0 saturated carbocycles. The van der Waals surface area contributed by atoms with Crippen molar-refractivity contribution in [2.45, 2.75) is 107 Å². The summed E-state index contributed by atoms with van der Waals surface area (Å²) in [6, 6.07) is -0.415. The third kappa shape index (κ3) is 11.5. The molecule has 0 aliphatic carbocycles. The number of nitrogens with zero attached hydrogens (tertiary/aromatic N) is 2. The van der Waals surface area contributed by atoms with E-state index in [4.69, 9.17) is 0 Å². The second kappa shape index (κ2) is 19.6. The highest BCUT2D eigenvalue weighted by Gasteiger charge is 2.42. The largest absolute Gasteiger partial charge is 0.349 e. The van der Waals surface area contributed by atoms with Crippen molar-refractivity contribution in [1.82, 2.24) is 30.5 Å². The predicted octanol–water partition coefficient (Wildman–Crippen LogP) is 3.45. The van der Waals surface area contributed by atoms with Gasteiger partial charge in [0.2, 0.25) is 17.6 Å². The van der Waals surface area contributed by atoms with Gasteiger partial charge in [0, 0.05) is 25.8 Å². The van der Waals surface area contributed by atoms with Crippen LogP contribution in [0.5, 0.6) is 0 Å². The van der Waals surface area contributed by atoms with Gasteiger partial charge in [-0.2, -0.15) is 4.31 Å². The van der Waals surface area contributed by atoms with E-state index < -0.39 is 57.7 Å². The summed E-state index contributed by atoms with van der Waals surface area (Å²) in [7, 11) is -2.33. The highest BCUT2D eigenvalue weighted by atomic mass is 32.2. The zero-order valence-corrected chi connectivity index (χ0v) is 30.5. The number of nitrogens with one attached hydrogen (secondary N) is 4. The molecule has 0 unspecified atom stereocenters. The molecule has 15 heteroatoms. The normalized spacial score (nSPS) is 23.3. The SMILES string of the molecule is C=C[C@@H]1C[C@H]2C(=O)N[C@H](C(=O)C(=O)NCCC)CCCCCCCCC[C@H](NC(=O)N/C(=C/C)CN(C)S(=O)(=O)c3cccs3)C(=O)N2C1. The van der Waals surface area contributed by atoms with Gasteiger partial charge in [-0.1, -0.05) is 70.1 Å². The van der Waals surface area contributed by atoms with Crippen molar-refractivity contribution >= 4 is 50.9 Å². The number of urea groups is 1. The Hall–Kier alpha value is -3.56. The Balaban J connectivity index is 1.79. The van der Waals surface area contributed by atoms with E-state index in [1.54, 1.807) is 30.5 Å². The molecule has 5 amide bonds. The van der Waals surface area contributed by atoms with Crippen molar-refractivity contribution in [3.05, 3.63) is 41.9 Å². The number of hydrogen-bond acceptors (Lipinski definition) is 8. The number of allylic oxidation sites excluding steroid dienone is 1. The molecule has 1 aromatic heterocycles. The fourth-order valence-electron chi connectivity index (χ4n) is 6.02. The number of fused-ring (bicyclic) bond motifs is 1. The van der Waals surface area contributed by atoms with Gasteiger partial charge in [-0.25, -0.2) is 13.2 Å². The molecule has 0 spiro atoms. The summed E-state index contributed by atoms with van der Waals surface area (Å²) in [6.07, 6.45) is 10.7. The third-order valence-electron chi connectivity index (χ3n) is 8.91. The first-order valence-corrected chi connectivity index (χ1v) is 19.5. The summed E-state index contributed by atoms with van der Waals surface area (Å²) in [6.45, 7) is 7.87. The zero-order valence-electron chi connectivity index (χ0n) is 28.9. The molecule has 13 nitrogen and oxygen atoms in total. The number of amides is 5. The number of sulfonamides is 1. The molecule has 2 aliphatic heterocycles. The van der Waals surface area contributed by atoms with Gasteiger partial charge in [-0.3, -0.25) is 19.2 Å². The molecule has 3 heterocycles. The van der Waals surface area contributed by atoms with E-state index in [0.717, 1.165) is 47.7 Å². The molecule has 0 aromatic carbocycles. The van der Waals surface area contributed by atoms with Gasteiger partial charge in [0.1, 0.15) is 16.3 Å². The van der Waals surface area contributed by atoms with Crippen molar-refractivity contribution in [2.75, 3.05) is 26.7 Å². The molecular formula is C34H52N6O7S2. The van der Waals surface area contributed by atoms with E-state index in [0.29, 0.717) is 44.3 Å². The van der Waals surface area contributed by atoms with E-state index >= 15 is 0 Å². The first kappa shape index (κ1) is 39.9.